The van der Waals surface area contributed by atoms with Crippen LogP contribution in [0.4, 0.5) is 11.4 Å². The molecule has 0 spiro atoms. The highest BCUT2D eigenvalue weighted by Gasteiger charge is 2.18. The molecule has 102 valence electrons. The number of benzene rings is 1. The first kappa shape index (κ1) is 15.3. The van der Waals surface area contributed by atoms with Gasteiger partial charge in [-0.2, -0.15) is 0 Å². The molecule has 0 atom stereocenters. The van der Waals surface area contributed by atoms with Crippen LogP contribution in [0.25, 0.3) is 0 Å². The molecule has 0 aliphatic carbocycles. The maximum atomic E-state index is 11.9. The second-order valence-electron chi connectivity index (χ2n) is 5.46. The number of nitrogen functional groups attached to an aromatic ring is 1. The minimum absolute atomic E-state index is 0.0139. The van der Waals surface area contributed by atoms with Crippen molar-refractivity contribution in [3.63, 3.8) is 0 Å². The summed E-state index contributed by atoms with van der Waals surface area (Å²) in [6.07, 6.45) is 0.596. The number of hydrogen-bond acceptors (Lipinski definition) is 3. The summed E-state index contributed by atoms with van der Waals surface area (Å²) < 4.78 is 27.1. The number of sulfonamides is 1. The van der Waals surface area contributed by atoms with Crippen LogP contribution in [0.2, 0.25) is 0 Å². The second kappa shape index (κ2) is 5.48. The monoisotopic (exact) mass is 334 g/mol. The standard InChI is InChI=1S/C12H19BrN2O2S/c1-12(2,3)6-7-18(16,17)15-11-5-4-9(13)8-10(11)14/h4-5,8,15H,6-7,14H2,1-3H3. The van der Waals surface area contributed by atoms with Crippen molar-refractivity contribution in [3.05, 3.63) is 22.7 Å². The predicted octanol–water partition coefficient (Wildman–Crippen LogP) is 3.21. The van der Waals surface area contributed by atoms with Crippen molar-refractivity contribution in [1.82, 2.24) is 0 Å². The van der Waals surface area contributed by atoms with Crippen LogP contribution in [0.5, 0.6) is 0 Å². The van der Waals surface area contributed by atoms with Crippen molar-refractivity contribution in [3.8, 4) is 0 Å². The molecule has 18 heavy (non-hydrogen) atoms. The van der Waals surface area contributed by atoms with Gasteiger partial charge >= 0.3 is 0 Å². The van der Waals surface area contributed by atoms with Gasteiger partial charge < -0.3 is 5.73 Å². The molecule has 0 saturated carbocycles. The fourth-order valence-electron chi connectivity index (χ4n) is 1.29. The average Bonchev–Trinajstić information content (AvgIpc) is 2.19. The normalized spacial score (nSPS) is 12.4. The molecule has 0 unspecified atom stereocenters. The molecule has 0 aromatic heterocycles. The molecule has 0 bridgehead atoms. The van der Waals surface area contributed by atoms with E-state index in [1.54, 1.807) is 18.2 Å². The zero-order valence-corrected chi connectivity index (χ0v) is 13.2. The van der Waals surface area contributed by atoms with E-state index in [0.717, 1.165) is 4.47 Å². The molecule has 0 radical (unpaired) electrons. The first-order valence-electron chi connectivity index (χ1n) is 5.65. The van der Waals surface area contributed by atoms with E-state index in [4.69, 9.17) is 5.73 Å². The van der Waals surface area contributed by atoms with Crippen LogP contribution in [0, 0.1) is 5.41 Å². The topological polar surface area (TPSA) is 72.2 Å². The summed E-state index contributed by atoms with van der Waals surface area (Å²) >= 11 is 3.28. The number of hydrogen-bond donors (Lipinski definition) is 2. The highest BCUT2D eigenvalue weighted by atomic mass is 79.9. The van der Waals surface area contributed by atoms with Crippen molar-refractivity contribution >= 4 is 37.3 Å². The summed E-state index contributed by atoms with van der Waals surface area (Å²) in [4.78, 5) is 0. The van der Waals surface area contributed by atoms with Gasteiger partial charge in [0.1, 0.15) is 0 Å². The lowest BCUT2D eigenvalue weighted by Crippen LogP contribution is -2.21. The zero-order valence-electron chi connectivity index (χ0n) is 10.8. The van der Waals surface area contributed by atoms with Crippen molar-refractivity contribution in [1.29, 1.82) is 0 Å². The Hall–Kier alpha value is -0.750. The number of nitrogens with one attached hydrogen (secondary N) is 1. The Balaban J connectivity index is 2.77. The molecule has 0 fully saturated rings. The van der Waals surface area contributed by atoms with Crippen LogP contribution in [0.3, 0.4) is 0 Å². The minimum atomic E-state index is -3.35. The molecule has 0 aliphatic heterocycles. The third-order valence-electron chi connectivity index (χ3n) is 2.40. The molecule has 0 aliphatic rings. The van der Waals surface area contributed by atoms with E-state index in [1.807, 2.05) is 20.8 Å². The van der Waals surface area contributed by atoms with E-state index >= 15 is 0 Å². The molecule has 3 N–H and O–H groups in total. The van der Waals surface area contributed by atoms with Gasteiger partial charge in [-0.3, -0.25) is 4.72 Å². The molecule has 1 aromatic rings. The van der Waals surface area contributed by atoms with Crippen molar-refractivity contribution in [2.75, 3.05) is 16.2 Å². The molecular weight excluding hydrogens is 316 g/mol. The lowest BCUT2D eigenvalue weighted by Gasteiger charge is -2.18. The Kier molecular flexibility index (Phi) is 4.66. The highest BCUT2D eigenvalue weighted by molar-refractivity contribution is 9.10. The van der Waals surface area contributed by atoms with Gasteiger partial charge in [-0.1, -0.05) is 36.7 Å². The fraction of sp³-hybridized carbons (Fsp3) is 0.500. The van der Waals surface area contributed by atoms with Gasteiger partial charge in [0.05, 0.1) is 17.1 Å². The summed E-state index contributed by atoms with van der Waals surface area (Å²) in [5.41, 5.74) is 6.57. The zero-order chi connectivity index (χ0) is 14.0. The Labute approximate surface area is 117 Å². The van der Waals surface area contributed by atoms with Gasteiger partial charge in [0.2, 0.25) is 10.0 Å². The summed E-state index contributed by atoms with van der Waals surface area (Å²) in [7, 11) is -3.35. The van der Waals surface area contributed by atoms with Crippen molar-refractivity contribution in [2.24, 2.45) is 5.41 Å². The maximum absolute atomic E-state index is 11.9. The van der Waals surface area contributed by atoms with E-state index in [-0.39, 0.29) is 11.2 Å². The van der Waals surface area contributed by atoms with E-state index in [2.05, 4.69) is 20.7 Å². The molecular formula is C12H19BrN2O2S. The first-order chi connectivity index (χ1) is 8.09. The Morgan fingerprint density at radius 1 is 1.33 bits per heavy atom. The number of rotatable bonds is 4. The van der Waals surface area contributed by atoms with E-state index < -0.39 is 10.0 Å². The molecule has 0 saturated heterocycles. The smallest absolute Gasteiger partial charge is 0.232 e. The summed E-state index contributed by atoms with van der Waals surface area (Å²) in [5.74, 6) is 0.0893. The number of anilines is 2. The van der Waals surface area contributed by atoms with E-state index in [9.17, 15) is 8.42 Å². The SMILES string of the molecule is CC(C)(C)CCS(=O)(=O)Nc1ccc(Br)cc1N. The van der Waals surface area contributed by atoms with Gasteiger partial charge in [0, 0.05) is 4.47 Å². The molecule has 1 aromatic carbocycles. The average molecular weight is 335 g/mol. The lowest BCUT2D eigenvalue weighted by molar-refractivity contribution is 0.397. The van der Waals surface area contributed by atoms with Gasteiger partial charge in [-0.15, -0.1) is 0 Å². The predicted molar refractivity (Wildman–Crippen MR) is 80.0 cm³/mol. The minimum Gasteiger partial charge on any atom is -0.397 e. The first-order valence-corrected chi connectivity index (χ1v) is 8.09. The van der Waals surface area contributed by atoms with Crippen molar-refractivity contribution in [2.45, 2.75) is 27.2 Å². The van der Waals surface area contributed by atoms with Crippen LogP contribution in [0.1, 0.15) is 27.2 Å². The molecule has 0 amide bonds. The lowest BCUT2D eigenvalue weighted by atomic mass is 9.94. The Morgan fingerprint density at radius 2 is 1.94 bits per heavy atom. The van der Waals surface area contributed by atoms with Gasteiger partial charge in [-0.25, -0.2) is 8.42 Å². The fourth-order valence-corrected chi connectivity index (χ4v) is 3.17. The van der Waals surface area contributed by atoms with Gasteiger partial charge in [-0.05, 0) is 30.0 Å². The maximum Gasteiger partial charge on any atom is 0.232 e. The van der Waals surface area contributed by atoms with E-state index in [1.165, 1.54) is 0 Å². The highest BCUT2D eigenvalue weighted by Crippen LogP contribution is 2.25. The number of halogens is 1. The van der Waals surface area contributed by atoms with Crippen LogP contribution in [0.15, 0.2) is 22.7 Å². The number of nitrogens with two attached hydrogens (primary N) is 1. The quantitative estimate of drug-likeness (QED) is 0.830. The molecule has 1 rings (SSSR count). The summed E-state index contributed by atoms with van der Waals surface area (Å²) in [6.45, 7) is 6.03. The molecule has 4 nitrogen and oxygen atoms in total. The molecule has 6 heteroatoms. The van der Waals surface area contributed by atoms with Crippen LogP contribution in [-0.4, -0.2) is 14.2 Å². The summed E-state index contributed by atoms with van der Waals surface area (Å²) in [6, 6.07) is 5.06. The third-order valence-corrected chi connectivity index (χ3v) is 4.17. The van der Waals surface area contributed by atoms with E-state index in [0.29, 0.717) is 17.8 Å². The summed E-state index contributed by atoms with van der Waals surface area (Å²) in [5, 5.41) is 0. The Bertz CT molecular complexity index is 521. The van der Waals surface area contributed by atoms with Crippen LogP contribution >= 0.6 is 15.9 Å². The third kappa shape index (κ3) is 5.27. The van der Waals surface area contributed by atoms with Gasteiger partial charge in [0.25, 0.3) is 0 Å². The second-order valence-corrected chi connectivity index (χ2v) is 8.22. The Morgan fingerprint density at radius 3 is 2.44 bits per heavy atom. The largest absolute Gasteiger partial charge is 0.397 e. The van der Waals surface area contributed by atoms with Gasteiger partial charge in [0.15, 0.2) is 0 Å². The van der Waals surface area contributed by atoms with Crippen LogP contribution < -0.4 is 10.5 Å². The van der Waals surface area contributed by atoms with Crippen molar-refractivity contribution < 1.29 is 8.42 Å². The molecule has 0 heterocycles. The van der Waals surface area contributed by atoms with Crippen LogP contribution in [-0.2, 0) is 10.0 Å².